The fourth-order valence-electron chi connectivity index (χ4n) is 2.16. The summed E-state index contributed by atoms with van der Waals surface area (Å²) in [6, 6.07) is 0. The maximum atomic E-state index is 5.40. The zero-order chi connectivity index (χ0) is 12.5. The minimum Gasteiger partial charge on any atom is -0.381 e. The number of ether oxygens (including phenoxy) is 1. The third-order valence-corrected chi connectivity index (χ3v) is 3.19. The minimum atomic E-state index is 0. The molecule has 1 fully saturated rings. The van der Waals surface area contributed by atoms with Crippen molar-refractivity contribution in [3.8, 4) is 0 Å². The second-order valence-corrected chi connectivity index (χ2v) is 4.79. The zero-order valence-electron chi connectivity index (χ0n) is 11.9. The molecule has 1 unspecified atom stereocenters. The maximum absolute atomic E-state index is 5.40. The zero-order valence-corrected chi connectivity index (χ0v) is 14.3. The quantitative estimate of drug-likeness (QED) is 0.338. The van der Waals surface area contributed by atoms with E-state index in [1.54, 1.807) is 0 Å². The number of nitrogens with zero attached hydrogens (tertiary/aromatic N) is 2. The van der Waals surface area contributed by atoms with Gasteiger partial charge in [-0.1, -0.05) is 19.8 Å². The largest absolute Gasteiger partial charge is 0.381 e. The summed E-state index contributed by atoms with van der Waals surface area (Å²) >= 11 is 0. The summed E-state index contributed by atoms with van der Waals surface area (Å²) in [6.45, 7) is 6.10. The lowest BCUT2D eigenvalue weighted by Crippen LogP contribution is -2.41. The Bertz CT molecular complexity index is 230. The molecule has 1 aliphatic heterocycles. The van der Waals surface area contributed by atoms with Crippen LogP contribution in [0.2, 0.25) is 0 Å². The molecule has 1 aliphatic rings. The third-order valence-electron chi connectivity index (χ3n) is 3.19. The fourth-order valence-corrected chi connectivity index (χ4v) is 2.16. The van der Waals surface area contributed by atoms with Gasteiger partial charge in [-0.2, -0.15) is 0 Å². The van der Waals surface area contributed by atoms with E-state index in [9.17, 15) is 0 Å². The summed E-state index contributed by atoms with van der Waals surface area (Å²) in [4.78, 5) is 6.53. The van der Waals surface area contributed by atoms with E-state index in [0.717, 1.165) is 32.3 Å². The predicted octanol–water partition coefficient (Wildman–Crippen LogP) is 2.34. The molecule has 1 rings (SSSR count). The van der Waals surface area contributed by atoms with Gasteiger partial charge in [0, 0.05) is 39.7 Å². The van der Waals surface area contributed by atoms with Gasteiger partial charge < -0.3 is 15.0 Å². The number of rotatable bonds is 6. The Morgan fingerprint density at radius 3 is 2.78 bits per heavy atom. The highest BCUT2D eigenvalue weighted by molar-refractivity contribution is 14.0. The molecule has 4 nitrogen and oxygen atoms in total. The van der Waals surface area contributed by atoms with Gasteiger partial charge >= 0.3 is 0 Å². The first-order chi connectivity index (χ1) is 8.27. The summed E-state index contributed by atoms with van der Waals surface area (Å²) in [5.74, 6) is 1.67. The van der Waals surface area contributed by atoms with Gasteiger partial charge in [0.1, 0.15) is 0 Å². The minimum absolute atomic E-state index is 0. The highest BCUT2D eigenvalue weighted by Gasteiger charge is 2.18. The van der Waals surface area contributed by atoms with E-state index in [-0.39, 0.29) is 24.0 Å². The first-order valence-corrected chi connectivity index (χ1v) is 6.77. The SMILES string of the molecule is CCCCCNC(=NC)N(C)CC1CCOC1.I. The predicted molar refractivity (Wildman–Crippen MR) is 87.9 cm³/mol. The lowest BCUT2D eigenvalue weighted by Gasteiger charge is -2.24. The van der Waals surface area contributed by atoms with E-state index in [0.29, 0.717) is 5.92 Å². The van der Waals surface area contributed by atoms with Crippen LogP contribution in [0.1, 0.15) is 32.6 Å². The smallest absolute Gasteiger partial charge is 0.193 e. The average molecular weight is 369 g/mol. The summed E-state index contributed by atoms with van der Waals surface area (Å²) in [5.41, 5.74) is 0. The molecule has 0 aromatic rings. The number of hydrogen-bond donors (Lipinski definition) is 1. The number of nitrogens with one attached hydrogen (secondary N) is 1. The molecule has 1 atom stereocenters. The van der Waals surface area contributed by atoms with Crippen molar-refractivity contribution >= 4 is 29.9 Å². The van der Waals surface area contributed by atoms with Gasteiger partial charge in [-0.15, -0.1) is 24.0 Å². The van der Waals surface area contributed by atoms with Crippen LogP contribution in [0.15, 0.2) is 4.99 Å². The van der Waals surface area contributed by atoms with Crippen molar-refractivity contribution in [3.05, 3.63) is 0 Å². The van der Waals surface area contributed by atoms with Gasteiger partial charge in [0.2, 0.25) is 0 Å². The summed E-state index contributed by atoms with van der Waals surface area (Å²) in [6.07, 6.45) is 4.94. The monoisotopic (exact) mass is 369 g/mol. The van der Waals surface area contributed by atoms with Gasteiger partial charge in [0.15, 0.2) is 5.96 Å². The molecule has 1 heterocycles. The van der Waals surface area contributed by atoms with Crippen LogP contribution in [-0.4, -0.2) is 51.3 Å². The number of halogens is 1. The Morgan fingerprint density at radius 1 is 1.44 bits per heavy atom. The molecule has 0 aliphatic carbocycles. The van der Waals surface area contributed by atoms with Crippen molar-refractivity contribution < 1.29 is 4.74 Å². The standard InChI is InChI=1S/C13H27N3O.HI/c1-4-5-6-8-15-13(14-2)16(3)10-12-7-9-17-11-12;/h12H,4-11H2,1-3H3,(H,14,15);1H. The first-order valence-electron chi connectivity index (χ1n) is 6.77. The van der Waals surface area contributed by atoms with Crippen molar-refractivity contribution in [3.63, 3.8) is 0 Å². The topological polar surface area (TPSA) is 36.9 Å². The fraction of sp³-hybridized carbons (Fsp3) is 0.923. The van der Waals surface area contributed by atoms with Gasteiger partial charge in [0.05, 0.1) is 6.61 Å². The molecular formula is C13H28IN3O. The molecule has 1 saturated heterocycles. The second kappa shape index (κ2) is 10.8. The average Bonchev–Trinajstić information content (AvgIpc) is 2.82. The number of hydrogen-bond acceptors (Lipinski definition) is 2. The van der Waals surface area contributed by atoms with Gasteiger partial charge in [-0.25, -0.2) is 0 Å². The molecule has 0 bridgehead atoms. The Morgan fingerprint density at radius 2 is 2.22 bits per heavy atom. The summed E-state index contributed by atoms with van der Waals surface area (Å²) in [7, 11) is 3.96. The Balaban J connectivity index is 0.00000289. The molecule has 18 heavy (non-hydrogen) atoms. The van der Waals surface area contributed by atoms with Crippen LogP contribution in [0, 0.1) is 5.92 Å². The van der Waals surface area contributed by atoms with Crippen molar-refractivity contribution in [2.24, 2.45) is 10.9 Å². The van der Waals surface area contributed by atoms with Gasteiger partial charge in [-0.05, 0) is 12.8 Å². The Kier molecular flexibility index (Phi) is 10.8. The second-order valence-electron chi connectivity index (χ2n) is 4.79. The molecular weight excluding hydrogens is 341 g/mol. The number of aliphatic imine (C=N–C) groups is 1. The Hall–Kier alpha value is -0.0400. The van der Waals surface area contributed by atoms with E-state index in [4.69, 9.17) is 4.74 Å². The molecule has 0 spiro atoms. The van der Waals surface area contributed by atoms with Crippen LogP contribution in [0.25, 0.3) is 0 Å². The molecule has 5 heteroatoms. The summed E-state index contributed by atoms with van der Waals surface area (Å²) in [5, 5.41) is 3.41. The van der Waals surface area contributed by atoms with Gasteiger partial charge in [0.25, 0.3) is 0 Å². The maximum Gasteiger partial charge on any atom is 0.193 e. The highest BCUT2D eigenvalue weighted by Crippen LogP contribution is 2.13. The molecule has 108 valence electrons. The number of unbranched alkanes of at least 4 members (excludes halogenated alkanes) is 2. The van der Waals surface area contributed by atoms with Gasteiger partial charge in [-0.3, -0.25) is 4.99 Å². The molecule has 0 aromatic carbocycles. The molecule has 1 N–H and O–H groups in total. The molecule has 0 amide bonds. The van der Waals surface area contributed by atoms with Crippen molar-refractivity contribution in [1.82, 2.24) is 10.2 Å². The van der Waals surface area contributed by atoms with Crippen LogP contribution in [0.4, 0.5) is 0 Å². The lowest BCUT2D eigenvalue weighted by atomic mass is 10.1. The van der Waals surface area contributed by atoms with E-state index in [1.165, 1.54) is 25.7 Å². The third kappa shape index (κ3) is 6.78. The van der Waals surface area contributed by atoms with Crippen LogP contribution in [0.5, 0.6) is 0 Å². The normalized spacial score (nSPS) is 19.5. The molecule has 0 radical (unpaired) electrons. The van der Waals surface area contributed by atoms with E-state index in [1.807, 2.05) is 7.05 Å². The first kappa shape index (κ1) is 18.0. The number of guanidine groups is 1. The van der Waals surface area contributed by atoms with Crippen LogP contribution in [-0.2, 0) is 4.74 Å². The van der Waals surface area contributed by atoms with Crippen LogP contribution in [0.3, 0.4) is 0 Å². The Labute approximate surface area is 129 Å². The lowest BCUT2D eigenvalue weighted by molar-refractivity contribution is 0.181. The van der Waals surface area contributed by atoms with Crippen molar-refractivity contribution in [2.45, 2.75) is 32.6 Å². The van der Waals surface area contributed by atoms with Crippen LogP contribution >= 0.6 is 24.0 Å². The van der Waals surface area contributed by atoms with Crippen molar-refractivity contribution in [1.29, 1.82) is 0 Å². The van der Waals surface area contributed by atoms with Crippen LogP contribution < -0.4 is 5.32 Å². The molecule has 0 saturated carbocycles. The van der Waals surface area contributed by atoms with E-state index in [2.05, 4.69) is 29.2 Å². The van der Waals surface area contributed by atoms with E-state index >= 15 is 0 Å². The van der Waals surface area contributed by atoms with Crippen molar-refractivity contribution in [2.75, 3.05) is 40.4 Å². The summed E-state index contributed by atoms with van der Waals surface area (Å²) < 4.78 is 5.40. The highest BCUT2D eigenvalue weighted by atomic mass is 127. The molecule has 0 aromatic heterocycles. The van der Waals surface area contributed by atoms with E-state index < -0.39 is 0 Å².